The van der Waals surface area contributed by atoms with Crippen molar-refractivity contribution in [2.45, 2.75) is 32.2 Å². The first-order valence-electron chi connectivity index (χ1n) is 9.56. The summed E-state index contributed by atoms with van der Waals surface area (Å²) in [5, 5.41) is 7.33. The summed E-state index contributed by atoms with van der Waals surface area (Å²) in [6.45, 7) is 4.58. The van der Waals surface area contributed by atoms with E-state index in [-0.39, 0.29) is 11.9 Å². The lowest BCUT2D eigenvalue weighted by Gasteiger charge is -2.34. The molecule has 142 valence electrons. The fourth-order valence-electron chi connectivity index (χ4n) is 3.35. The molecule has 0 spiro atoms. The third-order valence-corrected chi connectivity index (χ3v) is 5.33. The van der Waals surface area contributed by atoms with Gasteiger partial charge in [-0.1, -0.05) is 48.0 Å². The Hall–Kier alpha value is -2.40. The Kier molecular flexibility index (Phi) is 6.82. The summed E-state index contributed by atoms with van der Waals surface area (Å²) < 4.78 is 0. The first-order chi connectivity index (χ1) is 13.1. The largest absolute Gasteiger partial charge is 0.362 e. The van der Waals surface area contributed by atoms with Crippen molar-refractivity contribution < 1.29 is 4.79 Å². The Balaban J connectivity index is 1.39. The van der Waals surface area contributed by atoms with Crippen LogP contribution in [0, 0.1) is 6.92 Å². The smallest absolute Gasteiger partial charge is 0.251 e. The molecule has 0 atom stereocenters. The maximum atomic E-state index is 12.4. The van der Waals surface area contributed by atoms with Gasteiger partial charge in [-0.3, -0.25) is 4.79 Å². The standard InChI is InChI=1S/C22H27N3OS/c1-17-6-5-9-19(16-17)21(26)24-20-11-14-25(15-12-20)22(27)23-13-10-18-7-3-2-4-8-18/h2-9,16,20H,10-15H2,1H3,(H,23,27)(H,24,26). The summed E-state index contributed by atoms with van der Waals surface area (Å²) in [5.41, 5.74) is 3.14. The molecule has 2 aromatic rings. The van der Waals surface area contributed by atoms with E-state index in [4.69, 9.17) is 12.2 Å². The predicted octanol–water partition coefficient (Wildman–Crippen LogP) is 3.31. The van der Waals surface area contributed by atoms with Crippen LogP contribution in [0.3, 0.4) is 0 Å². The Morgan fingerprint density at radius 1 is 1.11 bits per heavy atom. The van der Waals surface area contributed by atoms with E-state index < -0.39 is 0 Å². The first kappa shape index (κ1) is 19.4. The maximum absolute atomic E-state index is 12.4. The molecule has 0 aliphatic carbocycles. The second-order valence-corrected chi connectivity index (χ2v) is 7.46. The fraction of sp³-hybridized carbons (Fsp3) is 0.364. The van der Waals surface area contributed by atoms with Gasteiger partial charge in [0, 0.05) is 31.2 Å². The molecule has 2 aromatic carbocycles. The van der Waals surface area contributed by atoms with Gasteiger partial charge in [-0.05, 0) is 56.1 Å². The summed E-state index contributed by atoms with van der Waals surface area (Å²) in [4.78, 5) is 14.6. The summed E-state index contributed by atoms with van der Waals surface area (Å²) in [6, 6.07) is 18.3. The lowest BCUT2D eigenvalue weighted by atomic mass is 10.0. The van der Waals surface area contributed by atoms with Crippen LogP contribution in [0.2, 0.25) is 0 Å². The van der Waals surface area contributed by atoms with Crippen LogP contribution in [0.1, 0.15) is 34.3 Å². The van der Waals surface area contributed by atoms with Gasteiger partial charge in [0.25, 0.3) is 5.91 Å². The molecule has 1 amide bonds. The number of benzene rings is 2. The van der Waals surface area contributed by atoms with E-state index in [9.17, 15) is 4.79 Å². The normalized spacial score (nSPS) is 14.6. The van der Waals surface area contributed by atoms with Crippen LogP contribution in [0.5, 0.6) is 0 Å². The van der Waals surface area contributed by atoms with Crippen LogP contribution in [-0.2, 0) is 6.42 Å². The van der Waals surface area contributed by atoms with Crippen molar-refractivity contribution in [3.63, 3.8) is 0 Å². The number of aryl methyl sites for hydroxylation is 1. The van der Waals surface area contributed by atoms with E-state index in [1.807, 2.05) is 37.3 Å². The SMILES string of the molecule is Cc1cccc(C(=O)NC2CCN(C(=S)NCCc3ccccc3)CC2)c1. The Morgan fingerprint density at radius 2 is 1.85 bits per heavy atom. The second kappa shape index (κ2) is 9.51. The number of piperidine rings is 1. The number of likely N-dealkylation sites (tertiary alicyclic amines) is 1. The van der Waals surface area contributed by atoms with Gasteiger partial charge in [0.05, 0.1) is 0 Å². The third-order valence-electron chi connectivity index (χ3n) is 4.93. The summed E-state index contributed by atoms with van der Waals surface area (Å²) in [5.74, 6) is 0.0145. The van der Waals surface area contributed by atoms with Crippen LogP contribution in [0.4, 0.5) is 0 Å². The molecular weight excluding hydrogens is 354 g/mol. The van der Waals surface area contributed by atoms with E-state index in [1.165, 1.54) is 5.56 Å². The lowest BCUT2D eigenvalue weighted by Crippen LogP contribution is -2.49. The molecule has 0 bridgehead atoms. The number of carbonyl (C=O) groups is 1. The Labute approximate surface area is 167 Å². The van der Waals surface area contributed by atoms with Gasteiger partial charge in [-0.2, -0.15) is 0 Å². The van der Waals surface area contributed by atoms with Crippen LogP contribution >= 0.6 is 12.2 Å². The van der Waals surface area contributed by atoms with Gasteiger partial charge in [0.15, 0.2) is 5.11 Å². The van der Waals surface area contributed by atoms with Crippen molar-refractivity contribution in [2.24, 2.45) is 0 Å². The summed E-state index contributed by atoms with van der Waals surface area (Å²) >= 11 is 5.53. The average molecular weight is 382 g/mol. The van der Waals surface area contributed by atoms with E-state index in [0.29, 0.717) is 0 Å². The van der Waals surface area contributed by atoms with Crippen LogP contribution < -0.4 is 10.6 Å². The molecular formula is C22H27N3OS. The van der Waals surface area contributed by atoms with Gasteiger partial charge in [-0.25, -0.2) is 0 Å². The van der Waals surface area contributed by atoms with Gasteiger partial charge in [-0.15, -0.1) is 0 Å². The van der Waals surface area contributed by atoms with E-state index in [1.54, 1.807) is 0 Å². The molecule has 5 heteroatoms. The van der Waals surface area contributed by atoms with E-state index in [2.05, 4.69) is 39.8 Å². The first-order valence-corrected chi connectivity index (χ1v) is 9.97. The molecule has 4 nitrogen and oxygen atoms in total. The number of thiocarbonyl (C=S) groups is 1. The highest BCUT2D eigenvalue weighted by Gasteiger charge is 2.22. The van der Waals surface area contributed by atoms with Crippen LogP contribution in [0.15, 0.2) is 54.6 Å². The summed E-state index contributed by atoms with van der Waals surface area (Å²) in [7, 11) is 0. The molecule has 0 unspecified atom stereocenters. The number of hydrogen-bond acceptors (Lipinski definition) is 2. The number of rotatable bonds is 5. The predicted molar refractivity (Wildman–Crippen MR) is 114 cm³/mol. The molecule has 0 radical (unpaired) electrons. The molecule has 0 aromatic heterocycles. The van der Waals surface area contributed by atoms with Crippen LogP contribution in [0.25, 0.3) is 0 Å². The van der Waals surface area contributed by atoms with Gasteiger partial charge in [0.1, 0.15) is 0 Å². The highest BCUT2D eigenvalue weighted by molar-refractivity contribution is 7.80. The highest BCUT2D eigenvalue weighted by Crippen LogP contribution is 2.12. The number of nitrogens with one attached hydrogen (secondary N) is 2. The number of amides is 1. The third kappa shape index (κ3) is 5.79. The van der Waals surface area contributed by atoms with Gasteiger partial charge in [0.2, 0.25) is 0 Å². The van der Waals surface area contributed by atoms with Crippen molar-refractivity contribution in [3.05, 3.63) is 71.3 Å². The number of carbonyl (C=O) groups excluding carboxylic acids is 1. The topological polar surface area (TPSA) is 44.4 Å². The zero-order valence-electron chi connectivity index (χ0n) is 15.8. The highest BCUT2D eigenvalue weighted by atomic mass is 32.1. The lowest BCUT2D eigenvalue weighted by molar-refractivity contribution is 0.0922. The van der Waals surface area contributed by atoms with Crippen molar-refractivity contribution >= 4 is 23.2 Å². The van der Waals surface area contributed by atoms with Crippen molar-refractivity contribution in [2.75, 3.05) is 19.6 Å². The quantitative estimate of drug-likeness (QED) is 0.780. The number of hydrogen-bond donors (Lipinski definition) is 2. The van der Waals surface area contributed by atoms with Crippen molar-refractivity contribution in [1.29, 1.82) is 0 Å². The fourth-order valence-corrected chi connectivity index (χ4v) is 3.64. The average Bonchev–Trinajstić information content (AvgIpc) is 2.69. The van der Waals surface area contributed by atoms with Gasteiger partial charge >= 0.3 is 0 Å². The Morgan fingerprint density at radius 3 is 2.56 bits per heavy atom. The zero-order chi connectivity index (χ0) is 19.1. The molecule has 1 heterocycles. The minimum absolute atomic E-state index is 0.0145. The van der Waals surface area contributed by atoms with Gasteiger partial charge < -0.3 is 15.5 Å². The molecule has 1 aliphatic rings. The van der Waals surface area contributed by atoms with Crippen molar-refractivity contribution in [1.82, 2.24) is 15.5 Å². The molecule has 1 aliphatic heterocycles. The maximum Gasteiger partial charge on any atom is 0.251 e. The van der Waals surface area contributed by atoms with Crippen LogP contribution in [-0.4, -0.2) is 41.6 Å². The molecule has 1 saturated heterocycles. The van der Waals surface area contributed by atoms with Crippen molar-refractivity contribution in [3.8, 4) is 0 Å². The zero-order valence-corrected chi connectivity index (χ0v) is 16.6. The number of nitrogens with zero attached hydrogens (tertiary/aromatic N) is 1. The molecule has 27 heavy (non-hydrogen) atoms. The Bertz CT molecular complexity index is 770. The monoisotopic (exact) mass is 381 g/mol. The molecule has 1 fully saturated rings. The summed E-state index contributed by atoms with van der Waals surface area (Å²) in [6.07, 6.45) is 2.79. The molecule has 0 saturated carbocycles. The van der Waals surface area contributed by atoms with E-state index >= 15 is 0 Å². The minimum atomic E-state index is 0.0145. The van der Waals surface area contributed by atoms with E-state index in [0.717, 1.165) is 55.1 Å². The second-order valence-electron chi connectivity index (χ2n) is 7.07. The molecule has 3 rings (SSSR count). The minimum Gasteiger partial charge on any atom is -0.362 e. The molecule has 2 N–H and O–H groups in total.